The third-order valence-corrected chi connectivity index (χ3v) is 3.76. The van der Waals surface area contributed by atoms with Crippen molar-refractivity contribution in [3.05, 3.63) is 35.4 Å². The lowest BCUT2D eigenvalue weighted by molar-refractivity contribution is 0.232. The van der Waals surface area contributed by atoms with Gasteiger partial charge in [-0.1, -0.05) is 19.9 Å². The lowest BCUT2D eigenvalue weighted by atomic mass is 10.0. The molecule has 2 rings (SSSR count). The van der Waals surface area contributed by atoms with E-state index in [0.717, 1.165) is 26.1 Å². The fraction of sp³-hybridized carbons (Fsp3) is 0.600. The molecule has 0 amide bonds. The topological polar surface area (TPSA) is 15.3 Å². The highest BCUT2D eigenvalue weighted by molar-refractivity contribution is 5.19. The summed E-state index contributed by atoms with van der Waals surface area (Å²) in [5.74, 6) is -0.373. The average Bonchev–Trinajstić information content (AvgIpc) is 2.59. The molecule has 1 unspecified atom stereocenters. The van der Waals surface area contributed by atoms with Crippen molar-refractivity contribution in [2.75, 3.05) is 19.6 Å². The summed E-state index contributed by atoms with van der Waals surface area (Å²) in [7, 11) is 0. The first kappa shape index (κ1) is 14.4. The molecule has 1 aliphatic rings. The van der Waals surface area contributed by atoms with Gasteiger partial charge in [0.25, 0.3) is 0 Å². The largest absolute Gasteiger partial charge is 0.312 e. The Hall–Kier alpha value is -1.00. The minimum absolute atomic E-state index is 0.187. The van der Waals surface area contributed by atoms with Crippen molar-refractivity contribution in [3.8, 4) is 0 Å². The van der Waals surface area contributed by atoms with Crippen molar-refractivity contribution in [1.29, 1.82) is 0 Å². The monoisotopic (exact) mass is 268 g/mol. The number of hydrogen-bond donors (Lipinski definition) is 1. The molecule has 1 heterocycles. The molecule has 0 bridgehead atoms. The van der Waals surface area contributed by atoms with Gasteiger partial charge in [-0.25, -0.2) is 8.78 Å². The molecule has 1 fully saturated rings. The number of halogens is 2. The quantitative estimate of drug-likeness (QED) is 0.907. The summed E-state index contributed by atoms with van der Waals surface area (Å²) in [5.41, 5.74) is 0.187. The Labute approximate surface area is 113 Å². The van der Waals surface area contributed by atoms with Crippen molar-refractivity contribution in [1.82, 2.24) is 10.2 Å². The van der Waals surface area contributed by atoms with Crippen LogP contribution in [0.15, 0.2) is 18.2 Å². The zero-order chi connectivity index (χ0) is 13.8. The molecule has 0 radical (unpaired) electrons. The van der Waals surface area contributed by atoms with Gasteiger partial charge in [-0.2, -0.15) is 0 Å². The summed E-state index contributed by atoms with van der Waals surface area (Å²) in [5, 5.41) is 3.50. The van der Waals surface area contributed by atoms with Gasteiger partial charge in [-0.05, 0) is 37.6 Å². The van der Waals surface area contributed by atoms with Crippen LogP contribution in [0, 0.1) is 17.6 Å². The van der Waals surface area contributed by atoms with Crippen LogP contribution in [0.1, 0.15) is 25.8 Å². The molecule has 0 saturated carbocycles. The van der Waals surface area contributed by atoms with Gasteiger partial charge in [0.2, 0.25) is 0 Å². The lowest BCUT2D eigenvalue weighted by Crippen LogP contribution is -2.41. The highest BCUT2D eigenvalue weighted by atomic mass is 19.1. The molecule has 1 saturated heterocycles. The van der Waals surface area contributed by atoms with Crippen LogP contribution in [0.4, 0.5) is 8.78 Å². The maximum atomic E-state index is 13.7. The van der Waals surface area contributed by atoms with Crippen LogP contribution in [-0.4, -0.2) is 30.6 Å². The molecule has 1 N–H and O–H groups in total. The van der Waals surface area contributed by atoms with Crippen LogP contribution >= 0.6 is 0 Å². The molecule has 1 aliphatic heterocycles. The molecule has 4 heteroatoms. The number of rotatable bonds is 3. The third-order valence-electron chi connectivity index (χ3n) is 3.76. The molecule has 0 spiro atoms. The maximum Gasteiger partial charge on any atom is 0.130 e. The van der Waals surface area contributed by atoms with E-state index in [1.54, 1.807) is 0 Å². The van der Waals surface area contributed by atoms with Crippen LogP contribution in [0.5, 0.6) is 0 Å². The maximum absolute atomic E-state index is 13.7. The molecule has 1 atom stereocenters. The zero-order valence-corrected chi connectivity index (χ0v) is 11.6. The predicted octanol–water partition coefficient (Wildman–Crippen LogP) is 2.78. The summed E-state index contributed by atoms with van der Waals surface area (Å²) in [6.07, 6.45) is 1.01. The summed E-state index contributed by atoms with van der Waals surface area (Å²) >= 11 is 0. The van der Waals surface area contributed by atoms with Gasteiger partial charge in [0, 0.05) is 24.7 Å². The Morgan fingerprint density at radius 1 is 1.32 bits per heavy atom. The summed E-state index contributed by atoms with van der Waals surface area (Å²) < 4.78 is 27.4. The van der Waals surface area contributed by atoms with E-state index >= 15 is 0 Å². The predicted molar refractivity (Wildman–Crippen MR) is 72.9 cm³/mol. The van der Waals surface area contributed by atoms with Crippen LogP contribution in [0.25, 0.3) is 0 Å². The van der Waals surface area contributed by atoms with Crippen molar-refractivity contribution in [3.63, 3.8) is 0 Å². The highest BCUT2D eigenvalue weighted by Gasteiger charge is 2.21. The van der Waals surface area contributed by atoms with Gasteiger partial charge in [0.15, 0.2) is 0 Å². The Bertz CT molecular complexity index is 400. The molecule has 0 aliphatic carbocycles. The number of nitrogens with one attached hydrogen (secondary N) is 1. The highest BCUT2D eigenvalue weighted by Crippen LogP contribution is 2.17. The molecule has 19 heavy (non-hydrogen) atoms. The SMILES string of the molecule is CC(C)C1CN(Cc2c(F)cccc2F)CCCN1. The van der Waals surface area contributed by atoms with E-state index in [2.05, 4.69) is 24.1 Å². The second-order valence-corrected chi connectivity index (χ2v) is 5.59. The second kappa shape index (κ2) is 6.44. The van der Waals surface area contributed by atoms with E-state index in [-0.39, 0.29) is 5.56 Å². The van der Waals surface area contributed by atoms with Gasteiger partial charge < -0.3 is 5.32 Å². The first-order valence-corrected chi connectivity index (χ1v) is 6.96. The molecule has 106 valence electrons. The molecule has 2 nitrogen and oxygen atoms in total. The van der Waals surface area contributed by atoms with Crippen LogP contribution in [0.2, 0.25) is 0 Å². The first-order chi connectivity index (χ1) is 9.08. The van der Waals surface area contributed by atoms with Gasteiger partial charge in [-0.3, -0.25) is 4.90 Å². The van der Waals surface area contributed by atoms with Gasteiger partial charge in [0.1, 0.15) is 11.6 Å². The van der Waals surface area contributed by atoms with Crippen molar-refractivity contribution >= 4 is 0 Å². The minimum atomic E-state index is -0.446. The molecule has 1 aromatic rings. The fourth-order valence-corrected chi connectivity index (χ4v) is 2.52. The van der Waals surface area contributed by atoms with Crippen LogP contribution in [0.3, 0.4) is 0 Å². The van der Waals surface area contributed by atoms with E-state index in [1.807, 2.05) is 0 Å². The van der Waals surface area contributed by atoms with E-state index in [1.165, 1.54) is 18.2 Å². The number of hydrogen-bond acceptors (Lipinski definition) is 2. The van der Waals surface area contributed by atoms with Crippen LogP contribution < -0.4 is 5.32 Å². The van der Waals surface area contributed by atoms with E-state index in [0.29, 0.717) is 18.5 Å². The average molecular weight is 268 g/mol. The zero-order valence-electron chi connectivity index (χ0n) is 11.6. The van der Waals surface area contributed by atoms with Crippen molar-refractivity contribution in [2.45, 2.75) is 32.9 Å². The van der Waals surface area contributed by atoms with E-state index in [4.69, 9.17) is 0 Å². The first-order valence-electron chi connectivity index (χ1n) is 6.96. The fourth-order valence-electron chi connectivity index (χ4n) is 2.52. The summed E-state index contributed by atoms with van der Waals surface area (Å²) in [6, 6.07) is 4.45. The normalized spacial score (nSPS) is 21.6. The smallest absolute Gasteiger partial charge is 0.130 e. The summed E-state index contributed by atoms with van der Waals surface area (Å²) in [4.78, 5) is 2.14. The standard InChI is InChI=1S/C15H22F2N2/c1-11(2)15-10-19(8-4-7-18-15)9-12-13(16)5-3-6-14(12)17/h3,5-6,11,15,18H,4,7-10H2,1-2H3. The molecular formula is C15H22F2N2. The number of benzene rings is 1. The molecule has 1 aromatic carbocycles. The molecular weight excluding hydrogens is 246 g/mol. The Kier molecular flexibility index (Phi) is 4.88. The van der Waals surface area contributed by atoms with E-state index in [9.17, 15) is 8.78 Å². The van der Waals surface area contributed by atoms with Crippen molar-refractivity contribution in [2.24, 2.45) is 5.92 Å². The number of nitrogens with zero attached hydrogens (tertiary/aromatic N) is 1. The molecule has 0 aromatic heterocycles. The Morgan fingerprint density at radius 2 is 2.00 bits per heavy atom. The third kappa shape index (κ3) is 3.74. The Balaban J connectivity index is 2.08. The van der Waals surface area contributed by atoms with Gasteiger partial charge >= 0.3 is 0 Å². The summed E-state index contributed by atoms with van der Waals surface area (Å²) in [6.45, 7) is 7.38. The van der Waals surface area contributed by atoms with Gasteiger partial charge in [-0.15, -0.1) is 0 Å². The van der Waals surface area contributed by atoms with E-state index < -0.39 is 11.6 Å². The lowest BCUT2D eigenvalue weighted by Gasteiger charge is -2.27. The van der Waals surface area contributed by atoms with Crippen molar-refractivity contribution < 1.29 is 8.78 Å². The van der Waals surface area contributed by atoms with Crippen LogP contribution in [-0.2, 0) is 6.54 Å². The minimum Gasteiger partial charge on any atom is -0.312 e. The Morgan fingerprint density at radius 3 is 2.63 bits per heavy atom. The second-order valence-electron chi connectivity index (χ2n) is 5.59. The van der Waals surface area contributed by atoms with Gasteiger partial charge in [0.05, 0.1) is 0 Å².